The van der Waals surface area contributed by atoms with Crippen LogP contribution in [0.4, 0.5) is 0 Å². The molecule has 0 spiro atoms. The van der Waals surface area contributed by atoms with E-state index in [4.69, 9.17) is 43.5 Å². The molecule has 1 aliphatic heterocycles. The van der Waals surface area contributed by atoms with Crippen molar-refractivity contribution >= 4 is 52.2 Å². The van der Waals surface area contributed by atoms with Crippen molar-refractivity contribution in [1.29, 1.82) is 0 Å². The monoisotopic (exact) mass is 966 g/mol. The molecule has 0 fully saturated rings. The standard InChI is InChI=1S/C29H18N2.C20H13O2PS2.Ir/c1-2-11-21(12-3-1)26-17-10-19-28(31-26)29(27-18-8-9-20-30-27)24-15-6-4-13-22(24)23-14-5-7-16-25(23)29;24-23(25)21-17-11-9-13-5-1-3-7-15(13)19(17)20-16-8-4-2-6-14(16)10-12-18(20)22-23;/h1-11,13-15,17-20H;1-12H,(H,24,25);/q-2;;/p-1/t29-;;/m0../s1. The van der Waals surface area contributed by atoms with Crippen molar-refractivity contribution in [3.8, 4) is 45.0 Å². The first-order chi connectivity index (χ1) is 27.5. The average Bonchev–Trinajstić information content (AvgIpc) is 3.48. The average molecular weight is 966 g/mol. The predicted octanol–water partition coefficient (Wildman–Crippen LogP) is 12.3. The van der Waals surface area contributed by atoms with Gasteiger partial charge in [0.1, 0.15) is 6.12 Å². The van der Waals surface area contributed by atoms with Crippen LogP contribution in [0.15, 0.2) is 182 Å². The fourth-order valence-electron chi connectivity index (χ4n) is 8.18. The SMILES string of the molecule is [Ir].[S-][P+]1([S-])Oc2ccc3ccccc3c2-c2c(ccc3ccccc23)O1.[c-]1ccccc1-c1cccc([C@]2(c3ccccn3)c3[c-]cccc3-c3ccccc32)n1. The van der Waals surface area contributed by atoms with Crippen LogP contribution in [-0.4, -0.2) is 9.97 Å². The summed E-state index contributed by atoms with van der Waals surface area (Å²) in [7, 11) is 0. The van der Waals surface area contributed by atoms with Crippen molar-refractivity contribution < 1.29 is 29.2 Å². The summed E-state index contributed by atoms with van der Waals surface area (Å²) in [6, 6.07) is 66.4. The Labute approximate surface area is 356 Å². The zero-order valence-corrected chi connectivity index (χ0v) is 35.1. The van der Waals surface area contributed by atoms with Crippen molar-refractivity contribution in [3.63, 3.8) is 0 Å². The molecule has 2 aliphatic rings. The number of nitrogens with zero attached hydrogens (tertiary/aromatic N) is 2. The molecule has 0 bridgehead atoms. The van der Waals surface area contributed by atoms with Crippen LogP contribution in [0.25, 0.3) is 55.1 Å². The summed E-state index contributed by atoms with van der Waals surface area (Å²) in [6.07, 6.45) is -0.977. The molecule has 0 unspecified atom stereocenters. The Bertz CT molecular complexity index is 2790. The second kappa shape index (κ2) is 15.2. The van der Waals surface area contributed by atoms with Crippen LogP contribution in [-0.2, 0) is 50.0 Å². The first-order valence-corrected chi connectivity index (χ1v) is 21.9. The van der Waals surface area contributed by atoms with Gasteiger partial charge in [-0.25, -0.2) is 0 Å². The van der Waals surface area contributed by atoms with E-state index in [1.54, 1.807) is 0 Å². The topological polar surface area (TPSA) is 44.2 Å². The molecule has 57 heavy (non-hydrogen) atoms. The molecule has 7 aromatic carbocycles. The second-order valence-electron chi connectivity index (χ2n) is 13.6. The summed E-state index contributed by atoms with van der Waals surface area (Å²) >= 11 is 10.9. The Kier molecular flexibility index (Phi) is 9.98. The van der Waals surface area contributed by atoms with E-state index in [9.17, 15) is 0 Å². The first-order valence-electron chi connectivity index (χ1n) is 18.2. The molecule has 0 N–H and O–H groups in total. The third-order valence-electron chi connectivity index (χ3n) is 10.5. The van der Waals surface area contributed by atoms with Crippen LogP contribution in [0.3, 0.4) is 0 Å². The van der Waals surface area contributed by atoms with E-state index in [0.717, 1.165) is 60.9 Å². The Balaban J connectivity index is 0.000000149. The van der Waals surface area contributed by atoms with Gasteiger partial charge in [0.25, 0.3) is 0 Å². The molecule has 11 rings (SSSR count). The van der Waals surface area contributed by atoms with Gasteiger partial charge >= 0.3 is 0 Å². The normalized spacial score (nSPS) is 15.5. The smallest absolute Gasteiger partial charge is 0.181 e. The summed E-state index contributed by atoms with van der Waals surface area (Å²) < 4.78 is 12.0. The van der Waals surface area contributed by atoms with Crippen LogP contribution >= 0.6 is 6.12 Å². The molecule has 1 radical (unpaired) electrons. The number of rotatable bonds is 3. The van der Waals surface area contributed by atoms with Crippen LogP contribution in [0.1, 0.15) is 22.5 Å². The second-order valence-corrected chi connectivity index (χ2v) is 18.4. The van der Waals surface area contributed by atoms with Gasteiger partial charge in [-0.3, -0.25) is 9.97 Å². The molecule has 3 heterocycles. The molecule has 0 amide bonds. The minimum Gasteiger partial charge on any atom is -0.496 e. The van der Waals surface area contributed by atoms with Crippen molar-refractivity contribution in [2.24, 2.45) is 0 Å². The first kappa shape index (κ1) is 37.3. The van der Waals surface area contributed by atoms with Gasteiger partial charge in [-0.05, 0) is 63.1 Å². The van der Waals surface area contributed by atoms with E-state index in [2.05, 4.69) is 84.9 Å². The van der Waals surface area contributed by atoms with E-state index in [0.29, 0.717) is 11.5 Å². The van der Waals surface area contributed by atoms with Gasteiger partial charge in [0.15, 0.2) is 11.5 Å². The third kappa shape index (κ3) is 6.45. The van der Waals surface area contributed by atoms with Crippen molar-refractivity contribution in [1.82, 2.24) is 9.97 Å². The van der Waals surface area contributed by atoms with Crippen LogP contribution < -0.4 is 9.05 Å². The molecule has 4 nitrogen and oxygen atoms in total. The van der Waals surface area contributed by atoms with Crippen LogP contribution in [0.2, 0.25) is 0 Å². The molecular formula is C49H30IrN2O2PS2-3. The van der Waals surface area contributed by atoms with Gasteiger partial charge in [-0.1, -0.05) is 109 Å². The molecule has 0 saturated heterocycles. The number of benzene rings is 7. The number of pyridine rings is 2. The van der Waals surface area contributed by atoms with Crippen molar-refractivity contribution in [2.75, 3.05) is 0 Å². The summed E-state index contributed by atoms with van der Waals surface area (Å²) in [5.41, 5.74) is 9.81. The molecule has 2 aromatic heterocycles. The molecule has 0 saturated carbocycles. The summed E-state index contributed by atoms with van der Waals surface area (Å²) in [4.78, 5) is 10.0. The minimum absolute atomic E-state index is 0. The minimum atomic E-state index is -2.83. The fourth-order valence-corrected chi connectivity index (χ4v) is 9.96. The van der Waals surface area contributed by atoms with E-state index < -0.39 is 11.5 Å². The van der Waals surface area contributed by atoms with E-state index >= 15 is 0 Å². The van der Waals surface area contributed by atoms with Gasteiger partial charge in [0.2, 0.25) is 0 Å². The van der Waals surface area contributed by atoms with Gasteiger partial charge in [0, 0.05) is 43.1 Å². The Hall–Kier alpha value is -5.26. The van der Waals surface area contributed by atoms with E-state index in [1.165, 1.54) is 16.7 Å². The van der Waals surface area contributed by atoms with E-state index in [1.807, 2.05) is 109 Å². The predicted molar refractivity (Wildman–Crippen MR) is 232 cm³/mol. The maximum atomic E-state index is 6.00. The fraction of sp³-hybridized carbons (Fsp3) is 0.0204. The Morgan fingerprint density at radius 3 is 1.82 bits per heavy atom. The molecule has 1 atom stereocenters. The van der Waals surface area contributed by atoms with Crippen LogP contribution in [0.5, 0.6) is 11.5 Å². The van der Waals surface area contributed by atoms with E-state index in [-0.39, 0.29) is 20.1 Å². The summed E-state index contributed by atoms with van der Waals surface area (Å²) in [5.74, 6) is 1.40. The summed E-state index contributed by atoms with van der Waals surface area (Å²) in [5, 5.41) is 4.49. The molecule has 9 aromatic rings. The molecule has 1 aliphatic carbocycles. The number of aromatic nitrogens is 2. The Morgan fingerprint density at radius 2 is 1.14 bits per heavy atom. The van der Waals surface area contributed by atoms with Gasteiger partial charge in [-0.15, -0.1) is 47.0 Å². The zero-order chi connectivity index (χ0) is 37.7. The quantitative estimate of drug-likeness (QED) is 0.0999. The molecule has 277 valence electrons. The third-order valence-corrected chi connectivity index (χ3v) is 12.2. The zero-order valence-electron chi connectivity index (χ0n) is 30.1. The molecule has 8 heteroatoms. The number of hydrogen-bond acceptors (Lipinski definition) is 6. The Morgan fingerprint density at radius 1 is 0.526 bits per heavy atom. The van der Waals surface area contributed by atoms with Gasteiger partial charge in [0.05, 0.1) is 11.1 Å². The van der Waals surface area contributed by atoms with Crippen molar-refractivity contribution in [2.45, 2.75) is 5.41 Å². The van der Waals surface area contributed by atoms with Gasteiger partial charge < -0.3 is 33.5 Å². The molecular weight excluding hydrogens is 936 g/mol. The van der Waals surface area contributed by atoms with Crippen molar-refractivity contribution in [3.05, 3.63) is 217 Å². The largest absolute Gasteiger partial charge is 0.496 e. The summed E-state index contributed by atoms with van der Waals surface area (Å²) in [6.45, 7) is 0. The maximum absolute atomic E-state index is 6.00. The maximum Gasteiger partial charge on any atom is 0.181 e. The van der Waals surface area contributed by atoms with Crippen LogP contribution in [0, 0.1) is 12.1 Å². The van der Waals surface area contributed by atoms with Gasteiger partial charge in [-0.2, -0.15) is 24.3 Å². The number of fused-ring (bicyclic) bond motifs is 10. The number of hydrogen-bond donors (Lipinski definition) is 0.